The van der Waals surface area contributed by atoms with E-state index in [0.717, 1.165) is 11.4 Å². The smallest absolute Gasteiger partial charge is 0.255 e. The molecule has 1 heterocycles. The van der Waals surface area contributed by atoms with Gasteiger partial charge < -0.3 is 15.6 Å². The maximum atomic E-state index is 12.4. The zero-order chi connectivity index (χ0) is 17.8. The molecule has 2 amide bonds. The van der Waals surface area contributed by atoms with Gasteiger partial charge in [0, 0.05) is 24.5 Å². The van der Waals surface area contributed by atoms with Crippen molar-refractivity contribution in [1.29, 1.82) is 0 Å². The van der Waals surface area contributed by atoms with Crippen molar-refractivity contribution in [3.8, 4) is 0 Å². The Bertz CT molecular complexity index is 913. The van der Waals surface area contributed by atoms with E-state index in [1.807, 2.05) is 29.8 Å². The van der Waals surface area contributed by atoms with Gasteiger partial charge in [-0.15, -0.1) is 0 Å². The third-order valence-corrected chi connectivity index (χ3v) is 3.93. The number of anilines is 1. The molecule has 0 radical (unpaired) electrons. The molecule has 0 unspecified atom stereocenters. The highest BCUT2D eigenvalue weighted by Crippen LogP contribution is 2.16. The number of amides is 2. The van der Waals surface area contributed by atoms with Crippen LogP contribution in [0, 0.1) is 6.92 Å². The fourth-order valence-electron chi connectivity index (χ4n) is 2.53. The predicted octanol–water partition coefficient (Wildman–Crippen LogP) is 2.59. The van der Waals surface area contributed by atoms with E-state index in [2.05, 4.69) is 10.3 Å². The summed E-state index contributed by atoms with van der Waals surface area (Å²) < 4.78 is 2.03. The fraction of sp³-hybridized carbons (Fsp3) is 0.105. The number of benzene rings is 2. The van der Waals surface area contributed by atoms with Crippen LogP contribution in [-0.2, 0) is 6.54 Å². The summed E-state index contributed by atoms with van der Waals surface area (Å²) in [5.41, 5.74) is 7.58. The number of primary amides is 1. The van der Waals surface area contributed by atoms with Crippen molar-refractivity contribution in [3.05, 3.63) is 83.4 Å². The number of carbonyl (C=O) groups excluding carboxylic acids is 2. The molecule has 0 bridgehead atoms. The molecule has 3 aromatic rings. The SMILES string of the molecule is Cc1nccn1Cc1ccc(C(=O)Nc2ccccc2C(N)=O)cc1. The molecule has 6 nitrogen and oxygen atoms in total. The van der Waals surface area contributed by atoms with E-state index in [0.29, 0.717) is 17.8 Å². The average molecular weight is 334 g/mol. The minimum absolute atomic E-state index is 0.281. The van der Waals surface area contributed by atoms with Gasteiger partial charge in [0.15, 0.2) is 0 Å². The molecule has 0 spiro atoms. The van der Waals surface area contributed by atoms with Gasteiger partial charge >= 0.3 is 0 Å². The number of aromatic nitrogens is 2. The van der Waals surface area contributed by atoms with E-state index < -0.39 is 5.91 Å². The number of nitrogens with two attached hydrogens (primary N) is 1. The molecule has 3 rings (SSSR count). The van der Waals surface area contributed by atoms with Crippen LogP contribution in [0.3, 0.4) is 0 Å². The minimum atomic E-state index is -0.582. The number of imidazole rings is 1. The topological polar surface area (TPSA) is 90.0 Å². The van der Waals surface area contributed by atoms with E-state index in [1.54, 1.807) is 42.6 Å². The summed E-state index contributed by atoms with van der Waals surface area (Å²) >= 11 is 0. The molecule has 6 heteroatoms. The van der Waals surface area contributed by atoms with Gasteiger partial charge in [0.05, 0.1) is 11.3 Å². The lowest BCUT2D eigenvalue weighted by Gasteiger charge is -2.10. The molecule has 0 saturated carbocycles. The third kappa shape index (κ3) is 3.74. The first-order valence-corrected chi connectivity index (χ1v) is 7.81. The Morgan fingerprint density at radius 3 is 2.48 bits per heavy atom. The largest absolute Gasteiger partial charge is 0.366 e. The summed E-state index contributed by atoms with van der Waals surface area (Å²) in [5.74, 6) is 0.0610. The highest BCUT2D eigenvalue weighted by atomic mass is 16.2. The molecule has 0 aliphatic carbocycles. The lowest BCUT2D eigenvalue weighted by Crippen LogP contribution is -2.18. The van der Waals surface area contributed by atoms with E-state index in [1.165, 1.54) is 0 Å². The van der Waals surface area contributed by atoms with Crippen molar-refractivity contribution < 1.29 is 9.59 Å². The van der Waals surface area contributed by atoms with Crippen molar-refractivity contribution >= 4 is 17.5 Å². The van der Waals surface area contributed by atoms with Crippen LogP contribution < -0.4 is 11.1 Å². The lowest BCUT2D eigenvalue weighted by molar-refractivity contribution is 0.100. The fourth-order valence-corrected chi connectivity index (χ4v) is 2.53. The van der Waals surface area contributed by atoms with Crippen LogP contribution in [0.2, 0.25) is 0 Å². The van der Waals surface area contributed by atoms with E-state index in [9.17, 15) is 9.59 Å². The second-order valence-electron chi connectivity index (χ2n) is 5.66. The first kappa shape index (κ1) is 16.4. The van der Waals surface area contributed by atoms with Gasteiger partial charge in [0.1, 0.15) is 5.82 Å². The van der Waals surface area contributed by atoms with E-state index in [4.69, 9.17) is 5.73 Å². The Morgan fingerprint density at radius 1 is 1.12 bits per heavy atom. The molecule has 0 aliphatic rings. The summed E-state index contributed by atoms with van der Waals surface area (Å²) in [6, 6.07) is 14.0. The molecule has 0 atom stereocenters. The van der Waals surface area contributed by atoms with Crippen molar-refractivity contribution in [2.75, 3.05) is 5.32 Å². The first-order valence-electron chi connectivity index (χ1n) is 7.81. The molecular weight excluding hydrogens is 316 g/mol. The van der Waals surface area contributed by atoms with Crippen LogP contribution in [0.4, 0.5) is 5.69 Å². The molecular formula is C19H18N4O2. The number of hydrogen-bond acceptors (Lipinski definition) is 3. The zero-order valence-corrected chi connectivity index (χ0v) is 13.8. The molecule has 0 fully saturated rings. The van der Waals surface area contributed by atoms with Crippen LogP contribution >= 0.6 is 0 Å². The number of nitrogens with one attached hydrogen (secondary N) is 1. The van der Waals surface area contributed by atoms with Crippen molar-refractivity contribution in [2.45, 2.75) is 13.5 Å². The molecule has 1 aromatic heterocycles. The van der Waals surface area contributed by atoms with Gasteiger partial charge in [-0.2, -0.15) is 0 Å². The van der Waals surface area contributed by atoms with Gasteiger partial charge in [-0.05, 0) is 36.8 Å². The summed E-state index contributed by atoms with van der Waals surface area (Å²) in [7, 11) is 0. The highest BCUT2D eigenvalue weighted by Gasteiger charge is 2.12. The summed E-state index contributed by atoms with van der Waals surface area (Å²) in [4.78, 5) is 28.0. The summed E-state index contributed by atoms with van der Waals surface area (Å²) in [6.07, 6.45) is 3.67. The van der Waals surface area contributed by atoms with Gasteiger partial charge in [0.2, 0.25) is 0 Å². The molecule has 0 aliphatic heterocycles. The number of nitrogens with zero attached hydrogens (tertiary/aromatic N) is 2. The quantitative estimate of drug-likeness (QED) is 0.751. The van der Waals surface area contributed by atoms with Gasteiger partial charge in [-0.1, -0.05) is 24.3 Å². The maximum absolute atomic E-state index is 12.4. The Hall–Kier alpha value is -3.41. The van der Waals surface area contributed by atoms with Gasteiger partial charge in [0.25, 0.3) is 11.8 Å². The number of aryl methyl sites for hydroxylation is 1. The van der Waals surface area contributed by atoms with Crippen LogP contribution in [0.1, 0.15) is 32.1 Å². The molecule has 0 saturated heterocycles. The van der Waals surface area contributed by atoms with Crippen LogP contribution in [0.15, 0.2) is 60.9 Å². The van der Waals surface area contributed by atoms with E-state index >= 15 is 0 Å². The number of carbonyl (C=O) groups is 2. The number of hydrogen-bond donors (Lipinski definition) is 2. The number of rotatable bonds is 5. The Kier molecular flexibility index (Phi) is 4.61. The normalized spacial score (nSPS) is 10.4. The van der Waals surface area contributed by atoms with Crippen molar-refractivity contribution in [1.82, 2.24) is 9.55 Å². The average Bonchev–Trinajstić information content (AvgIpc) is 3.00. The van der Waals surface area contributed by atoms with Gasteiger partial charge in [-0.3, -0.25) is 9.59 Å². The third-order valence-electron chi connectivity index (χ3n) is 3.93. The Balaban J connectivity index is 1.73. The maximum Gasteiger partial charge on any atom is 0.255 e. The second kappa shape index (κ2) is 7.00. The highest BCUT2D eigenvalue weighted by molar-refractivity contribution is 6.08. The number of para-hydroxylation sites is 1. The zero-order valence-electron chi connectivity index (χ0n) is 13.8. The van der Waals surface area contributed by atoms with Crippen molar-refractivity contribution in [2.24, 2.45) is 5.73 Å². The predicted molar refractivity (Wildman–Crippen MR) is 95.4 cm³/mol. The van der Waals surface area contributed by atoms with E-state index in [-0.39, 0.29) is 11.5 Å². The Labute approximate surface area is 145 Å². The standard InChI is InChI=1S/C19H18N4O2/c1-13-21-10-11-23(13)12-14-6-8-15(9-7-14)19(25)22-17-5-3-2-4-16(17)18(20)24/h2-11H,12H2,1H3,(H2,20,24)(H,22,25). The lowest BCUT2D eigenvalue weighted by atomic mass is 10.1. The Morgan fingerprint density at radius 2 is 1.84 bits per heavy atom. The second-order valence-corrected chi connectivity index (χ2v) is 5.66. The molecule has 25 heavy (non-hydrogen) atoms. The molecule has 3 N–H and O–H groups in total. The minimum Gasteiger partial charge on any atom is -0.366 e. The summed E-state index contributed by atoms with van der Waals surface area (Å²) in [5, 5.41) is 2.73. The van der Waals surface area contributed by atoms with Crippen LogP contribution in [0.25, 0.3) is 0 Å². The summed E-state index contributed by atoms with van der Waals surface area (Å²) in [6.45, 7) is 2.64. The first-order chi connectivity index (χ1) is 12.0. The molecule has 2 aromatic carbocycles. The molecule has 126 valence electrons. The van der Waals surface area contributed by atoms with Crippen LogP contribution in [0.5, 0.6) is 0 Å². The van der Waals surface area contributed by atoms with Gasteiger partial charge in [-0.25, -0.2) is 4.98 Å². The van der Waals surface area contributed by atoms with Crippen molar-refractivity contribution in [3.63, 3.8) is 0 Å². The van der Waals surface area contributed by atoms with Crippen LogP contribution in [-0.4, -0.2) is 21.4 Å². The monoisotopic (exact) mass is 334 g/mol.